The normalized spacial score (nSPS) is 12.6. The van der Waals surface area contributed by atoms with Crippen LogP contribution < -0.4 is 0 Å². The number of nitriles is 1. The van der Waals surface area contributed by atoms with E-state index in [1.165, 1.54) is 5.56 Å². The third-order valence-corrected chi connectivity index (χ3v) is 2.01. The van der Waals surface area contributed by atoms with E-state index in [1.54, 1.807) is 6.21 Å². The molecule has 2 nitrogen and oxygen atoms in total. The van der Waals surface area contributed by atoms with Crippen molar-refractivity contribution in [2.75, 3.05) is 0 Å². The highest BCUT2D eigenvalue weighted by Crippen LogP contribution is 2.13. The van der Waals surface area contributed by atoms with Gasteiger partial charge in [-0.1, -0.05) is 19.1 Å². The van der Waals surface area contributed by atoms with Gasteiger partial charge in [0, 0.05) is 6.21 Å². The summed E-state index contributed by atoms with van der Waals surface area (Å²) in [5.74, 6) is -0.0736. The Morgan fingerprint density at radius 1 is 1.57 bits per heavy atom. The molecule has 0 fully saturated rings. The molecule has 0 bridgehead atoms. The van der Waals surface area contributed by atoms with Crippen molar-refractivity contribution in [3.63, 3.8) is 0 Å². The highest BCUT2D eigenvalue weighted by Gasteiger charge is 1.98. The lowest BCUT2D eigenvalue weighted by Crippen LogP contribution is -1.94. The highest BCUT2D eigenvalue weighted by molar-refractivity contribution is 5.68. The predicted molar refractivity (Wildman–Crippen MR) is 58.7 cm³/mol. The molecule has 0 spiro atoms. The number of aryl methyl sites for hydroxylation is 1. The quantitative estimate of drug-likeness (QED) is 0.667. The Kier molecular flexibility index (Phi) is 3.87. The fraction of sp³-hybridized carbons (Fsp3) is 0.333. The van der Waals surface area contributed by atoms with Crippen LogP contribution in [0.15, 0.2) is 29.3 Å². The lowest BCUT2D eigenvalue weighted by molar-refractivity contribution is 0.845. The first kappa shape index (κ1) is 10.5. The van der Waals surface area contributed by atoms with Gasteiger partial charge in [-0.3, -0.25) is 4.99 Å². The second-order valence-corrected chi connectivity index (χ2v) is 3.26. The van der Waals surface area contributed by atoms with Gasteiger partial charge in [-0.2, -0.15) is 5.26 Å². The van der Waals surface area contributed by atoms with Crippen LogP contribution in [0.3, 0.4) is 0 Å². The van der Waals surface area contributed by atoms with Crippen LogP contribution in [0.4, 0.5) is 5.69 Å². The molecule has 0 amide bonds. The van der Waals surface area contributed by atoms with Crippen LogP contribution in [0.25, 0.3) is 0 Å². The van der Waals surface area contributed by atoms with Crippen molar-refractivity contribution in [2.45, 2.75) is 20.3 Å². The van der Waals surface area contributed by atoms with Gasteiger partial charge >= 0.3 is 0 Å². The molecule has 1 atom stereocenters. The maximum Gasteiger partial charge on any atom is 0.0813 e. The van der Waals surface area contributed by atoms with Gasteiger partial charge in [0.25, 0.3) is 0 Å². The first-order valence-corrected chi connectivity index (χ1v) is 4.76. The molecule has 1 rings (SSSR count). The summed E-state index contributed by atoms with van der Waals surface area (Å²) >= 11 is 0. The zero-order chi connectivity index (χ0) is 10.4. The van der Waals surface area contributed by atoms with Crippen LogP contribution in [0.5, 0.6) is 0 Å². The minimum absolute atomic E-state index is 0.0736. The molecular formula is C12H14N2. The summed E-state index contributed by atoms with van der Waals surface area (Å²) in [6, 6.07) is 10.1. The zero-order valence-electron chi connectivity index (χ0n) is 8.57. The number of aliphatic imine (C=N–C) groups is 1. The second-order valence-electron chi connectivity index (χ2n) is 3.26. The molecule has 0 radical (unpaired) electrons. The predicted octanol–water partition coefficient (Wildman–Crippen LogP) is 3.25. The molecule has 1 unspecified atom stereocenters. The van der Waals surface area contributed by atoms with Crippen LogP contribution in [-0.4, -0.2) is 6.21 Å². The van der Waals surface area contributed by atoms with Gasteiger partial charge in [0.2, 0.25) is 0 Å². The average Bonchev–Trinajstić information content (AvgIpc) is 2.19. The Morgan fingerprint density at radius 2 is 2.36 bits per heavy atom. The molecule has 1 aromatic carbocycles. The fourth-order valence-electron chi connectivity index (χ4n) is 1.11. The number of rotatable bonds is 3. The maximum atomic E-state index is 8.72. The van der Waals surface area contributed by atoms with Crippen molar-refractivity contribution in [1.82, 2.24) is 0 Å². The van der Waals surface area contributed by atoms with Gasteiger partial charge in [-0.15, -0.1) is 0 Å². The smallest absolute Gasteiger partial charge is 0.0813 e. The van der Waals surface area contributed by atoms with E-state index in [2.05, 4.69) is 11.1 Å². The number of hydrogen-bond acceptors (Lipinski definition) is 2. The summed E-state index contributed by atoms with van der Waals surface area (Å²) < 4.78 is 0. The molecule has 0 aromatic heterocycles. The van der Waals surface area contributed by atoms with E-state index in [9.17, 15) is 0 Å². The number of benzene rings is 1. The summed E-state index contributed by atoms with van der Waals surface area (Å²) in [7, 11) is 0. The van der Waals surface area contributed by atoms with E-state index >= 15 is 0 Å². The molecule has 0 N–H and O–H groups in total. The van der Waals surface area contributed by atoms with Gasteiger partial charge in [0.15, 0.2) is 0 Å². The van der Waals surface area contributed by atoms with Crippen molar-refractivity contribution >= 4 is 11.9 Å². The molecule has 72 valence electrons. The first-order valence-electron chi connectivity index (χ1n) is 4.76. The fourth-order valence-corrected chi connectivity index (χ4v) is 1.11. The number of hydrogen-bond donors (Lipinski definition) is 0. The lowest BCUT2D eigenvalue weighted by atomic mass is 10.1. The molecule has 0 saturated carbocycles. The zero-order valence-corrected chi connectivity index (χ0v) is 8.57. The standard InChI is InChI=1S/C12H14N2/c1-3-11(8-13)9-14-12-6-4-5-10(2)7-12/h4-7,9,11H,3H2,1-2H3. The van der Waals surface area contributed by atoms with Gasteiger partial charge < -0.3 is 0 Å². The average molecular weight is 186 g/mol. The van der Waals surface area contributed by atoms with Crippen molar-refractivity contribution in [2.24, 2.45) is 10.9 Å². The van der Waals surface area contributed by atoms with Crippen LogP contribution in [0.1, 0.15) is 18.9 Å². The molecule has 0 aliphatic heterocycles. The Bertz CT molecular complexity index is 361. The van der Waals surface area contributed by atoms with E-state index in [4.69, 9.17) is 5.26 Å². The SMILES string of the molecule is CCC(C#N)C=Nc1cccc(C)c1. The monoisotopic (exact) mass is 186 g/mol. The second kappa shape index (κ2) is 5.18. The van der Waals surface area contributed by atoms with Gasteiger partial charge in [-0.25, -0.2) is 0 Å². The number of nitrogens with zero attached hydrogens (tertiary/aromatic N) is 2. The van der Waals surface area contributed by atoms with Gasteiger partial charge in [0.1, 0.15) is 0 Å². The van der Waals surface area contributed by atoms with Crippen molar-refractivity contribution < 1.29 is 0 Å². The van der Waals surface area contributed by atoms with Gasteiger partial charge in [0.05, 0.1) is 17.7 Å². The summed E-state index contributed by atoms with van der Waals surface area (Å²) in [6.45, 7) is 4.01. The van der Waals surface area contributed by atoms with Crippen molar-refractivity contribution in [1.29, 1.82) is 5.26 Å². The van der Waals surface area contributed by atoms with Crippen LogP contribution >= 0.6 is 0 Å². The summed E-state index contributed by atoms with van der Waals surface area (Å²) in [5.41, 5.74) is 2.10. The van der Waals surface area contributed by atoms with Crippen LogP contribution in [-0.2, 0) is 0 Å². The Morgan fingerprint density at radius 3 is 2.93 bits per heavy atom. The summed E-state index contributed by atoms with van der Waals surface area (Å²) in [5, 5.41) is 8.72. The molecule has 0 heterocycles. The van der Waals surface area contributed by atoms with E-state index in [1.807, 2.05) is 38.1 Å². The molecule has 0 aliphatic rings. The minimum atomic E-state index is -0.0736. The molecule has 14 heavy (non-hydrogen) atoms. The third-order valence-electron chi connectivity index (χ3n) is 2.01. The highest BCUT2D eigenvalue weighted by atomic mass is 14.7. The Hall–Kier alpha value is -1.62. The Balaban J connectivity index is 2.74. The molecule has 0 aliphatic carbocycles. The first-order chi connectivity index (χ1) is 6.76. The van der Waals surface area contributed by atoms with Crippen molar-refractivity contribution in [3.05, 3.63) is 29.8 Å². The van der Waals surface area contributed by atoms with Crippen LogP contribution in [0.2, 0.25) is 0 Å². The van der Waals surface area contributed by atoms with E-state index in [0.717, 1.165) is 12.1 Å². The lowest BCUT2D eigenvalue weighted by Gasteiger charge is -1.97. The molecule has 2 heteroatoms. The van der Waals surface area contributed by atoms with Gasteiger partial charge in [-0.05, 0) is 31.0 Å². The van der Waals surface area contributed by atoms with Crippen LogP contribution in [0, 0.1) is 24.2 Å². The summed E-state index contributed by atoms with van der Waals surface area (Å²) in [4.78, 5) is 4.26. The topological polar surface area (TPSA) is 36.1 Å². The van der Waals surface area contributed by atoms with E-state index < -0.39 is 0 Å². The summed E-state index contributed by atoms with van der Waals surface area (Å²) in [6.07, 6.45) is 2.53. The molecular weight excluding hydrogens is 172 g/mol. The van der Waals surface area contributed by atoms with Crippen molar-refractivity contribution in [3.8, 4) is 6.07 Å². The Labute approximate surface area is 84.9 Å². The third kappa shape index (κ3) is 3.02. The molecule has 0 saturated heterocycles. The largest absolute Gasteiger partial charge is 0.260 e. The maximum absolute atomic E-state index is 8.72. The minimum Gasteiger partial charge on any atom is -0.260 e. The van der Waals surface area contributed by atoms with E-state index in [0.29, 0.717) is 0 Å². The van der Waals surface area contributed by atoms with E-state index in [-0.39, 0.29) is 5.92 Å². The molecule has 1 aromatic rings.